The molecule has 0 saturated heterocycles. The maximum Gasteiger partial charge on any atom is 0.416 e. The van der Waals surface area contributed by atoms with Gasteiger partial charge in [0.25, 0.3) is 0 Å². The highest BCUT2D eigenvalue weighted by Crippen LogP contribution is 2.44. The van der Waals surface area contributed by atoms with Gasteiger partial charge in [-0.1, -0.05) is 44.7 Å². The van der Waals surface area contributed by atoms with Crippen LogP contribution >= 0.6 is 11.8 Å². The number of hydrogen-bond acceptors (Lipinski definition) is 5. The summed E-state index contributed by atoms with van der Waals surface area (Å²) in [6.07, 6.45) is -0.378. The number of fused-ring (bicyclic) bond motifs is 1. The van der Waals surface area contributed by atoms with Gasteiger partial charge in [0.15, 0.2) is 0 Å². The van der Waals surface area contributed by atoms with E-state index in [1.807, 2.05) is 6.92 Å². The maximum atomic E-state index is 13.4. The van der Waals surface area contributed by atoms with E-state index < -0.39 is 39.9 Å². The van der Waals surface area contributed by atoms with Crippen molar-refractivity contribution in [1.29, 1.82) is 0 Å². The number of aliphatic carboxylic acids is 1. The van der Waals surface area contributed by atoms with Crippen LogP contribution in [0.4, 0.5) is 18.9 Å². The lowest BCUT2D eigenvalue weighted by atomic mass is 9.94. The Morgan fingerprint density at radius 3 is 2.58 bits per heavy atom. The molecule has 1 aliphatic heterocycles. The molecule has 0 amide bonds. The van der Waals surface area contributed by atoms with Crippen LogP contribution in [0.25, 0.3) is 11.1 Å². The highest BCUT2D eigenvalue weighted by atomic mass is 32.2. The Hall–Kier alpha value is -2.82. The number of hydrogen-bond donors (Lipinski definition) is 1. The lowest BCUT2D eigenvalue weighted by molar-refractivity contribution is -0.387. The van der Waals surface area contributed by atoms with E-state index in [4.69, 9.17) is 0 Å². The summed E-state index contributed by atoms with van der Waals surface area (Å²) in [5, 5.41) is 21.6. The Morgan fingerprint density at radius 1 is 1.27 bits per heavy atom. The fourth-order valence-electron chi connectivity index (χ4n) is 4.03. The third kappa shape index (κ3) is 5.07. The SMILES string of the molecule is CCCCCCCc1c(-c2cccc(C(F)(F)F)c2)c2n(c(=O)c1[N+](=O)[O-])[C@H](C(=O)O)CS2. The predicted molar refractivity (Wildman–Crippen MR) is 118 cm³/mol. The molecule has 0 saturated carbocycles. The van der Waals surface area contributed by atoms with E-state index in [0.717, 1.165) is 54.1 Å². The zero-order valence-electron chi connectivity index (χ0n) is 17.9. The van der Waals surface area contributed by atoms with Gasteiger partial charge in [-0.25, -0.2) is 4.79 Å². The number of nitro groups is 1. The van der Waals surface area contributed by atoms with Gasteiger partial charge >= 0.3 is 23.4 Å². The van der Waals surface area contributed by atoms with Gasteiger partial charge in [0, 0.05) is 16.9 Å². The maximum absolute atomic E-state index is 13.4. The first-order valence-electron chi connectivity index (χ1n) is 10.6. The number of carboxylic acid groups (broad SMARTS) is 1. The van der Waals surface area contributed by atoms with Gasteiger partial charge in [-0.05, 0) is 30.5 Å². The molecule has 7 nitrogen and oxygen atoms in total. The number of benzene rings is 1. The lowest BCUT2D eigenvalue weighted by Gasteiger charge is -2.18. The minimum Gasteiger partial charge on any atom is -0.480 e. The molecular formula is C22H23F3N2O5S. The third-order valence-corrected chi connectivity index (χ3v) is 6.76. The topological polar surface area (TPSA) is 102 Å². The zero-order chi connectivity index (χ0) is 24.3. The molecule has 2 heterocycles. The average Bonchev–Trinajstić information content (AvgIpc) is 3.18. The lowest BCUT2D eigenvalue weighted by Crippen LogP contribution is -2.31. The molecule has 0 fully saturated rings. The number of nitrogens with zero attached hydrogens (tertiary/aromatic N) is 2. The molecule has 1 aromatic heterocycles. The molecule has 1 aromatic carbocycles. The van der Waals surface area contributed by atoms with E-state index in [9.17, 15) is 38.0 Å². The largest absolute Gasteiger partial charge is 0.480 e. The first-order chi connectivity index (χ1) is 15.6. The molecule has 0 aliphatic carbocycles. The van der Waals surface area contributed by atoms with E-state index in [1.54, 1.807) is 0 Å². The molecule has 1 N–H and O–H groups in total. The summed E-state index contributed by atoms with van der Waals surface area (Å²) in [5.41, 5.74) is -2.47. The number of unbranched alkanes of at least 4 members (excludes halogenated alkanes) is 4. The summed E-state index contributed by atoms with van der Waals surface area (Å²) in [5.74, 6) is -1.38. The van der Waals surface area contributed by atoms with E-state index in [-0.39, 0.29) is 33.9 Å². The number of pyridine rings is 1. The minimum absolute atomic E-state index is 0.0480. The minimum atomic E-state index is -4.63. The smallest absolute Gasteiger partial charge is 0.416 e. The van der Waals surface area contributed by atoms with Crippen LogP contribution in [0.15, 0.2) is 34.1 Å². The van der Waals surface area contributed by atoms with Crippen LogP contribution < -0.4 is 5.56 Å². The van der Waals surface area contributed by atoms with Crippen LogP contribution in [0.1, 0.15) is 56.2 Å². The summed E-state index contributed by atoms with van der Waals surface area (Å²) in [4.78, 5) is 35.8. The molecular weight excluding hydrogens is 461 g/mol. The van der Waals surface area contributed by atoms with Crippen molar-refractivity contribution in [1.82, 2.24) is 4.57 Å². The van der Waals surface area contributed by atoms with Crippen LogP contribution in [-0.2, 0) is 17.4 Å². The molecule has 0 radical (unpaired) electrons. The van der Waals surface area contributed by atoms with Gasteiger partial charge in [0.05, 0.1) is 15.5 Å². The Bertz CT molecular complexity index is 1130. The van der Waals surface area contributed by atoms with Crippen molar-refractivity contribution < 1.29 is 28.0 Å². The normalized spacial score (nSPS) is 15.5. The first kappa shape index (κ1) is 24.8. The number of thioether (sulfide) groups is 1. The number of rotatable bonds is 9. The van der Waals surface area contributed by atoms with Crippen LogP contribution in [0.3, 0.4) is 0 Å². The van der Waals surface area contributed by atoms with Crippen LogP contribution in [-0.4, -0.2) is 26.3 Å². The molecule has 1 aliphatic rings. The molecule has 2 aromatic rings. The Morgan fingerprint density at radius 2 is 1.97 bits per heavy atom. The fourth-order valence-corrected chi connectivity index (χ4v) is 5.37. The Labute approximate surface area is 191 Å². The van der Waals surface area contributed by atoms with Crippen molar-refractivity contribution in [2.24, 2.45) is 0 Å². The van der Waals surface area contributed by atoms with Crippen molar-refractivity contribution in [2.45, 2.75) is 62.7 Å². The molecule has 0 unspecified atom stereocenters. The molecule has 1 atom stereocenters. The molecule has 178 valence electrons. The van der Waals surface area contributed by atoms with Crippen LogP contribution in [0, 0.1) is 10.1 Å². The van der Waals surface area contributed by atoms with Gasteiger partial charge in [0.2, 0.25) is 0 Å². The van der Waals surface area contributed by atoms with Gasteiger partial charge in [-0.3, -0.25) is 19.5 Å². The average molecular weight is 484 g/mol. The van der Waals surface area contributed by atoms with E-state index in [1.165, 1.54) is 12.1 Å². The number of halogens is 3. The number of carboxylic acids is 1. The Balaban J connectivity index is 2.27. The Kier molecular flexibility index (Phi) is 7.51. The van der Waals surface area contributed by atoms with E-state index >= 15 is 0 Å². The number of aromatic nitrogens is 1. The highest BCUT2D eigenvalue weighted by molar-refractivity contribution is 7.99. The fraction of sp³-hybridized carbons (Fsp3) is 0.455. The van der Waals surface area contributed by atoms with Crippen LogP contribution in [0.5, 0.6) is 0 Å². The molecule has 0 bridgehead atoms. The summed E-state index contributed by atoms with van der Waals surface area (Å²) in [7, 11) is 0. The van der Waals surface area contributed by atoms with Crippen molar-refractivity contribution in [3.63, 3.8) is 0 Å². The van der Waals surface area contributed by atoms with Gasteiger partial charge < -0.3 is 5.11 Å². The summed E-state index contributed by atoms with van der Waals surface area (Å²) < 4.78 is 41.0. The number of carbonyl (C=O) groups is 1. The third-order valence-electron chi connectivity index (χ3n) is 5.61. The van der Waals surface area contributed by atoms with Gasteiger partial charge in [-0.15, -0.1) is 11.8 Å². The quantitative estimate of drug-likeness (QED) is 0.279. The second-order valence-corrected chi connectivity index (χ2v) is 8.86. The van der Waals surface area contributed by atoms with Gasteiger partial charge in [0.1, 0.15) is 6.04 Å². The standard InChI is InChI=1S/C22H23F3N2O5S/c1-2-3-4-5-6-10-15-17(13-8-7-9-14(11-13)22(23,24)25)20-26(16(12-33-20)21(29)30)19(28)18(15)27(31)32/h7-9,11,16H,2-6,10,12H2,1H3,(H,29,30)/t16-/m0/s1. The number of alkyl halides is 3. The van der Waals surface area contributed by atoms with Crippen LogP contribution in [0.2, 0.25) is 0 Å². The first-order valence-corrected chi connectivity index (χ1v) is 11.6. The molecule has 33 heavy (non-hydrogen) atoms. The van der Waals surface area contributed by atoms with Crippen molar-refractivity contribution in [3.05, 3.63) is 55.9 Å². The van der Waals surface area contributed by atoms with Crippen molar-refractivity contribution in [2.75, 3.05) is 5.75 Å². The highest BCUT2D eigenvalue weighted by Gasteiger charge is 2.39. The molecule has 0 spiro atoms. The van der Waals surface area contributed by atoms with Gasteiger partial charge in [-0.2, -0.15) is 13.2 Å². The van der Waals surface area contributed by atoms with Crippen molar-refractivity contribution in [3.8, 4) is 11.1 Å². The predicted octanol–water partition coefficient (Wildman–Crippen LogP) is 5.69. The zero-order valence-corrected chi connectivity index (χ0v) is 18.7. The molecule has 3 rings (SSSR count). The van der Waals surface area contributed by atoms with E-state index in [0.29, 0.717) is 6.42 Å². The second kappa shape index (κ2) is 9.98. The summed E-state index contributed by atoms with van der Waals surface area (Å²) in [6, 6.07) is 3.05. The summed E-state index contributed by atoms with van der Waals surface area (Å²) in [6.45, 7) is 2.04. The monoisotopic (exact) mass is 484 g/mol. The van der Waals surface area contributed by atoms with E-state index in [2.05, 4.69) is 0 Å². The summed E-state index contributed by atoms with van der Waals surface area (Å²) >= 11 is 1.01. The van der Waals surface area contributed by atoms with Crippen molar-refractivity contribution >= 4 is 23.4 Å². The molecule has 11 heteroatoms. The second-order valence-electron chi connectivity index (χ2n) is 7.85.